The van der Waals surface area contributed by atoms with Gasteiger partial charge in [-0.1, -0.05) is 12.1 Å². The molecule has 9 nitrogen and oxygen atoms in total. The number of phenolic OH excluding ortho intramolecular Hbond substituents is 4. The van der Waals surface area contributed by atoms with Crippen molar-refractivity contribution in [2.45, 2.75) is 0 Å². The molecule has 0 radical (unpaired) electrons. The van der Waals surface area contributed by atoms with Gasteiger partial charge in [0.05, 0.1) is 16.3 Å². The number of aliphatic imine (C=N–C) groups is 2. The van der Waals surface area contributed by atoms with E-state index in [2.05, 4.69) is 9.98 Å². The molecule has 0 bridgehead atoms. The van der Waals surface area contributed by atoms with Gasteiger partial charge in [-0.25, -0.2) is 0 Å². The SMILES string of the molecule is O=[N+]([O-])c1ccc(N=Cc2cccc(O)c2O)c(N=Cc2cccc(O)c2O)c1. The molecule has 3 aromatic carbocycles. The zero-order valence-electron chi connectivity index (χ0n) is 14.8. The molecule has 0 aromatic heterocycles. The van der Waals surface area contributed by atoms with Crippen molar-refractivity contribution in [2.24, 2.45) is 9.98 Å². The van der Waals surface area contributed by atoms with Gasteiger partial charge in [0.2, 0.25) is 0 Å². The molecule has 0 saturated heterocycles. The van der Waals surface area contributed by atoms with Gasteiger partial charge >= 0.3 is 0 Å². The molecule has 0 spiro atoms. The van der Waals surface area contributed by atoms with Crippen molar-refractivity contribution >= 4 is 29.5 Å². The van der Waals surface area contributed by atoms with E-state index in [4.69, 9.17) is 0 Å². The summed E-state index contributed by atoms with van der Waals surface area (Å²) in [6.45, 7) is 0. The van der Waals surface area contributed by atoms with Crippen molar-refractivity contribution in [3.8, 4) is 23.0 Å². The quantitative estimate of drug-likeness (QED) is 0.223. The minimum Gasteiger partial charge on any atom is -0.504 e. The Bertz CT molecular complexity index is 1140. The lowest BCUT2D eigenvalue weighted by atomic mass is 10.2. The van der Waals surface area contributed by atoms with E-state index in [0.29, 0.717) is 0 Å². The third-order valence-corrected chi connectivity index (χ3v) is 3.95. The van der Waals surface area contributed by atoms with Crippen LogP contribution in [0.5, 0.6) is 23.0 Å². The molecule has 3 aromatic rings. The lowest BCUT2D eigenvalue weighted by molar-refractivity contribution is -0.384. The fourth-order valence-electron chi connectivity index (χ4n) is 2.42. The third-order valence-electron chi connectivity index (χ3n) is 3.95. The first-order valence-electron chi connectivity index (χ1n) is 8.25. The van der Waals surface area contributed by atoms with Crippen LogP contribution in [0.1, 0.15) is 11.1 Å². The fourth-order valence-corrected chi connectivity index (χ4v) is 2.42. The van der Waals surface area contributed by atoms with E-state index in [1.54, 1.807) is 0 Å². The number of rotatable bonds is 5. The number of nitro benzene ring substituents is 1. The molecule has 0 unspecified atom stereocenters. The van der Waals surface area contributed by atoms with Gasteiger partial charge in [0.1, 0.15) is 0 Å². The summed E-state index contributed by atoms with van der Waals surface area (Å²) in [5.74, 6) is -1.37. The fraction of sp³-hybridized carbons (Fsp3) is 0. The Balaban J connectivity index is 2.02. The van der Waals surface area contributed by atoms with Crippen molar-refractivity contribution in [1.82, 2.24) is 0 Å². The maximum Gasteiger partial charge on any atom is 0.271 e. The predicted molar refractivity (Wildman–Crippen MR) is 107 cm³/mol. The van der Waals surface area contributed by atoms with Gasteiger partial charge in [0, 0.05) is 35.7 Å². The molecule has 0 heterocycles. The highest BCUT2D eigenvalue weighted by molar-refractivity contribution is 5.90. The van der Waals surface area contributed by atoms with Crippen LogP contribution >= 0.6 is 0 Å². The monoisotopic (exact) mass is 393 g/mol. The summed E-state index contributed by atoms with van der Waals surface area (Å²) in [5, 5.41) is 49.9. The summed E-state index contributed by atoms with van der Waals surface area (Å²) in [6.07, 6.45) is 2.51. The first-order valence-corrected chi connectivity index (χ1v) is 8.25. The Labute approximate surface area is 164 Å². The Morgan fingerprint density at radius 2 is 1.28 bits per heavy atom. The van der Waals surface area contributed by atoms with Crippen LogP contribution in [0.15, 0.2) is 64.6 Å². The second kappa shape index (κ2) is 8.09. The van der Waals surface area contributed by atoms with Gasteiger partial charge in [-0.3, -0.25) is 20.1 Å². The van der Waals surface area contributed by atoms with Crippen molar-refractivity contribution in [3.05, 3.63) is 75.8 Å². The summed E-state index contributed by atoms with van der Waals surface area (Å²) in [5.41, 5.74) is 0.601. The number of hydrogen-bond donors (Lipinski definition) is 4. The Kier molecular flexibility index (Phi) is 5.40. The van der Waals surface area contributed by atoms with E-state index in [-0.39, 0.29) is 51.2 Å². The number of nitro groups is 1. The summed E-state index contributed by atoms with van der Waals surface area (Å²) in [6, 6.07) is 12.5. The number of non-ortho nitro benzene ring substituents is 1. The highest BCUT2D eigenvalue weighted by Gasteiger charge is 2.11. The van der Waals surface area contributed by atoms with Crippen molar-refractivity contribution in [3.63, 3.8) is 0 Å². The molecular formula is C20H15N3O6. The number of hydrogen-bond acceptors (Lipinski definition) is 8. The smallest absolute Gasteiger partial charge is 0.271 e. The lowest BCUT2D eigenvalue weighted by Gasteiger charge is -2.04. The van der Waals surface area contributed by atoms with Crippen LogP contribution in [-0.2, 0) is 0 Å². The molecule has 0 atom stereocenters. The van der Waals surface area contributed by atoms with E-state index < -0.39 is 4.92 Å². The standard InChI is InChI=1S/C20H15N3O6/c24-17-5-1-3-12(19(17)26)10-21-15-8-7-14(23(28)29)9-16(15)22-11-13-4-2-6-18(25)20(13)27/h1-11,24-27H. The topological polar surface area (TPSA) is 149 Å². The maximum atomic E-state index is 11.1. The molecule has 4 N–H and O–H groups in total. The lowest BCUT2D eigenvalue weighted by Crippen LogP contribution is -1.88. The number of aromatic hydroxyl groups is 4. The van der Waals surface area contributed by atoms with Crippen LogP contribution in [0.4, 0.5) is 17.1 Å². The Morgan fingerprint density at radius 3 is 1.79 bits per heavy atom. The van der Waals surface area contributed by atoms with Crippen LogP contribution < -0.4 is 0 Å². The molecule has 3 rings (SSSR count). The Morgan fingerprint density at radius 1 is 0.759 bits per heavy atom. The Hall–Kier alpha value is -4.40. The average molecular weight is 393 g/mol. The van der Waals surface area contributed by atoms with Crippen molar-refractivity contribution in [2.75, 3.05) is 0 Å². The van der Waals surface area contributed by atoms with Crippen LogP contribution in [0.2, 0.25) is 0 Å². The number of phenols is 4. The maximum absolute atomic E-state index is 11.1. The normalized spacial score (nSPS) is 11.3. The molecule has 0 amide bonds. The first kappa shape index (κ1) is 19.4. The molecule has 0 aliphatic heterocycles. The highest BCUT2D eigenvalue weighted by atomic mass is 16.6. The number of para-hydroxylation sites is 2. The summed E-state index contributed by atoms with van der Waals surface area (Å²) in [4.78, 5) is 18.8. The van der Waals surface area contributed by atoms with Crippen LogP contribution in [0, 0.1) is 10.1 Å². The van der Waals surface area contributed by atoms with Gasteiger partial charge in [-0.15, -0.1) is 0 Å². The van der Waals surface area contributed by atoms with E-state index in [0.717, 1.165) is 0 Å². The van der Waals surface area contributed by atoms with Crippen molar-refractivity contribution in [1.29, 1.82) is 0 Å². The largest absolute Gasteiger partial charge is 0.504 e. The second-order valence-electron chi connectivity index (χ2n) is 5.88. The van der Waals surface area contributed by atoms with Crippen LogP contribution in [0.25, 0.3) is 0 Å². The minimum absolute atomic E-state index is 0.123. The van der Waals surface area contributed by atoms with Crippen LogP contribution in [-0.4, -0.2) is 37.8 Å². The molecular weight excluding hydrogens is 378 g/mol. The van der Waals surface area contributed by atoms with E-state index in [1.807, 2.05) is 0 Å². The van der Waals surface area contributed by atoms with Gasteiger partial charge in [0.25, 0.3) is 5.69 Å². The van der Waals surface area contributed by atoms with Gasteiger partial charge in [0.15, 0.2) is 23.0 Å². The molecule has 146 valence electrons. The molecule has 0 aliphatic carbocycles. The highest BCUT2D eigenvalue weighted by Crippen LogP contribution is 2.34. The second-order valence-corrected chi connectivity index (χ2v) is 5.88. The third kappa shape index (κ3) is 4.30. The van der Waals surface area contributed by atoms with Gasteiger partial charge < -0.3 is 20.4 Å². The minimum atomic E-state index is -0.584. The summed E-state index contributed by atoms with van der Waals surface area (Å²) in [7, 11) is 0. The molecule has 9 heteroatoms. The molecule has 0 aliphatic rings. The number of benzene rings is 3. The zero-order valence-corrected chi connectivity index (χ0v) is 14.8. The summed E-state index contributed by atoms with van der Waals surface area (Å²) >= 11 is 0. The van der Waals surface area contributed by atoms with E-state index in [9.17, 15) is 30.5 Å². The van der Waals surface area contributed by atoms with Gasteiger partial charge in [-0.2, -0.15) is 0 Å². The molecule has 0 fully saturated rings. The zero-order chi connectivity index (χ0) is 21.0. The molecule has 0 saturated carbocycles. The molecule has 29 heavy (non-hydrogen) atoms. The van der Waals surface area contributed by atoms with Crippen molar-refractivity contribution < 1.29 is 25.3 Å². The van der Waals surface area contributed by atoms with E-state index >= 15 is 0 Å². The van der Waals surface area contributed by atoms with Gasteiger partial charge in [-0.05, 0) is 30.3 Å². The predicted octanol–water partition coefficient (Wildman–Crippen LogP) is 3.92. The average Bonchev–Trinajstić information content (AvgIpc) is 2.70. The summed E-state index contributed by atoms with van der Waals surface area (Å²) < 4.78 is 0. The first-order chi connectivity index (χ1) is 13.9. The van der Waals surface area contributed by atoms with E-state index in [1.165, 1.54) is 67.0 Å². The number of nitrogens with zero attached hydrogens (tertiary/aromatic N) is 3. The van der Waals surface area contributed by atoms with Crippen LogP contribution in [0.3, 0.4) is 0 Å².